The van der Waals surface area contributed by atoms with Crippen molar-refractivity contribution in [1.82, 2.24) is 9.80 Å². The van der Waals surface area contributed by atoms with Gasteiger partial charge in [0.25, 0.3) is 0 Å². The molecule has 0 bridgehead atoms. The molecule has 12 heteroatoms. The summed E-state index contributed by atoms with van der Waals surface area (Å²) in [6.45, 7) is 9.01. The monoisotopic (exact) mass is 827 g/mol. The van der Waals surface area contributed by atoms with Crippen LogP contribution in [0.4, 0.5) is 0 Å². The molecule has 0 fully saturated rings. The van der Waals surface area contributed by atoms with Crippen LogP contribution in [0.5, 0.6) is 0 Å². The van der Waals surface area contributed by atoms with E-state index in [-0.39, 0.29) is 38.0 Å². The molecule has 0 amide bonds. The molecule has 53 heavy (non-hydrogen) atoms. The van der Waals surface area contributed by atoms with Gasteiger partial charge in [0.05, 0.1) is 26.1 Å². The zero-order chi connectivity index (χ0) is 38.7. The normalized spacial score (nSPS) is 11.6. The van der Waals surface area contributed by atoms with Crippen molar-refractivity contribution in [3.63, 3.8) is 0 Å². The van der Waals surface area contributed by atoms with Gasteiger partial charge in [-0.05, 0) is 32.4 Å². The molecule has 0 saturated heterocycles. The number of rotatable bonds is 44. The molecule has 0 aromatic rings. The SMILES string of the molecule is CCCCCCCCCCCCSSCCOC(=O)CCN(CCCN(CCO)CCO)CCC(=O)OCCSSCCCCCCCCCCCC. The smallest absolute Gasteiger partial charge is 0.307 e. The molecule has 0 unspecified atom stereocenters. The van der Waals surface area contributed by atoms with Crippen LogP contribution in [0.25, 0.3) is 0 Å². The number of aliphatic hydroxyl groups is 2. The molecule has 0 aromatic carbocycles. The molecule has 0 rings (SSSR count). The molecule has 0 aliphatic rings. The number of carbonyl (C=O) groups is 2. The highest BCUT2D eigenvalue weighted by Crippen LogP contribution is 2.24. The molecular weight excluding hydrogens is 745 g/mol. The molecule has 0 aromatic heterocycles. The number of nitrogens with zero attached hydrogens (tertiary/aromatic N) is 2. The van der Waals surface area contributed by atoms with Crippen LogP contribution in [0, 0.1) is 0 Å². The topological polar surface area (TPSA) is 99.5 Å². The zero-order valence-corrected chi connectivity index (χ0v) is 37.5. The van der Waals surface area contributed by atoms with Gasteiger partial charge in [0.1, 0.15) is 13.2 Å². The second-order valence-corrected chi connectivity index (χ2v) is 19.5. The van der Waals surface area contributed by atoms with E-state index in [2.05, 4.69) is 18.7 Å². The van der Waals surface area contributed by atoms with Crippen molar-refractivity contribution in [1.29, 1.82) is 0 Å². The molecule has 0 aliphatic carbocycles. The average Bonchev–Trinajstić information content (AvgIpc) is 3.15. The maximum atomic E-state index is 12.5. The van der Waals surface area contributed by atoms with Gasteiger partial charge in [-0.25, -0.2) is 0 Å². The molecule has 2 N–H and O–H groups in total. The fourth-order valence-corrected chi connectivity index (χ4v) is 9.97. The van der Waals surface area contributed by atoms with Gasteiger partial charge in [-0.3, -0.25) is 14.5 Å². The summed E-state index contributed by atoms with van der Waals surface area (Å²) in [5, 5.41) is 18.7. The lowest BCUT2D eigenvalue weighted by atomic mass is 10.1. The van der Waals surface area contributed by atoms with E-state index < -0.39 is 0 Å². The molecule has 316 valence electrons. The Morgan fingerprint density at radius 3 is 1.09 bits per heavy atom. The lowest BCUT2D eigenvalue weighted by molar-refractivity contribution is -0.143. The Bertz CT molecular complexity index is 718. The summed E-state index contributed by atoms with van der Waals surface area (Å²) < 4.78 is 11.0. The van der Waals surface area contributed by atoms with Gasteiger partial charge in [-0.15, -0.1) is 0 Å². The summed E-state index contributed by atoms with van der Waals surface area (Å²) in [7, 11) is 7.33. The van der Waals surface area contributed by atoms with Crippen molar-refractivity contribution in [3.05, 3.63) is 0 Å². The first kappa shape index (κ1) is 53.2. The first-order chi connectivity index (χ1) is 26.1. The van der Waals surface area contributed by atoms with Crippen molar-refractivity contribution < 1.29 is 29.3 Å². The van der Waals surface area contributed by atoms with Crippen molar-refractivity contribution in [2.24, 2.45) is 0 Å². The van der Waals surface area contributed by atoms with E-state index in [0.29, 0.717) is 45.9 Å². The van der Waals surface area contributed by atoms with E-state index in [1.54, 1.807) is 21.6 Å². The Labute approximate surface area is 342 Å². The van der Waals surface area contributed by atoms with Crippen LogP contribution in [-0.2, 0) is 19.1 Å². The Hall–Kier alpha value is 0.180. The first-order valence-electron chi connectivity index (χ1n) is 21.5. The predicted octanol–water partition coefficient (Wildman–Crippen LogP) is 10.4. The van der Waals surface area contributed by atoms with Gasteiger partial charge in [-0.1, -0.05) is 173 Å². The summed E-state index contributed by atoms with van der Waals surface area (Å²) >= 11 is 0. The minimum atomic E-state index is -0.201. The van der Waals surface area contributed by atoms with E-state index in [9.17, 15) is 19.8 Å². The molecule has 0 radical (unpaired) electrons. The number of hydrogen-bond acceptors (Lipinski definition) is 12. The molecule has 0 spiro atoms. The lowest BCUT2D eigenvalue weighted by Gasteiger charge is -2.24. The summed E-state index contributed by atoms with van der Waals surface area (Å²) in [4.78, 5) is 29.2. The van der Waals surface area contributed by atoms with Crippen LogP contribution in [-0.4, -0.2) is 121 Å². The van der Waals surface area contributed by atoms with E-state index in [0.717, 1.165) is 36.0 Å². The highest BCUT2D eigenvalue weighted by atomic mass is 33.1. The van der Waals surface area contributed by atoms with Gasteiger partial charge in [-0.2, -0.15) is 0 Å². The van der Waals surface area contributed by atoms with Gasteiger partial charge in [0, 0.05) is 49.2 Å². The highest BCUT2D eigenvalue weighted by Gasteiger charge is 2.14. The van der Waals surface area contributed by atoms with Crippen molar-refractivity contribution in [2.75, 3.05) is 88.7 Å². The summed E-state index contributed by atoms with van der Waals surface area (Å²) in [6.07, 6.45) is 28.5. The van der Waals surface area contributed by atoms with Gasteiger partial charge in [0.15, 0.2) is 0 Å². The number of aliphatic hydroxyl groups excluding tert-OH is 2. The lowest BCUT2D eigenvalue weighted by Crippen LogP contribution is -2.35. The van der Waals surface area contributed by atoms with Crippen molar-refractivity contribution >= 4 is 55.1 Å². The Morgan fingerprint density at radius 1 is 0.415 bits per heavy atom. The largest absolute Gasteiger partial charge is 0.465 e. The predicted molar refractivity (Wildman–Crippen MR) is 236 cm³/mol. The third-order valence-electron chi connectivity index (χ3n) is 9.23. The van der Waals surface area contributed by atoms with Gasteiger partial charge >= 0.3 is 11.9 Å². The van der Waals surface area contributed by atoms with Gasteiger partial charge in [0.2, 0.25) is 0 Å². The van der Waals surface area contributed by atoms with E-state index in [4.69, 9.17) is 9.47 Å². The number of carbonyl (C=O) groups excluding carboxylic acids is 2. The zero-order valence-electron chi connectivity index (χ0n) is 34.2. The first-order valence-corrected chi connectivity index (χ1v) is 26.5. The third-order valence-corrected chi connectivity index (χ3v) is 14.1. The number of unbranched alkanes of at least 4 members (excludes halogenated alkanes) is 18. The highest BCUT2D eigenvalue weighted by molar-refractivity contribution is 8.77. The second-order valence-electron chi connectivity index (χ2n) is 14.1. The number of ether oxygens (including phenoxy) is 2. The van der Waals surface area contributed by atoms with Crippen LogP contribution < -0.4 is 0 Å². The third kappa shape index (κ3) is 41.6. The van der Waals surface area contributed by atoms with Crippen LogP contribution in [0.15, 0.2) is 0 Å². The maximum absolute atomic E-state index is 12.5. The van der Waals surface area contributed by atoms with E-state index >= 15 is 0 Å². The van der Waals surface area contributed by atoms with E-state index in [1.165, 1.54) is 128 Å². The van der Waals surface area contributed by atoms with Crippen LogP contribution in [0.3, 0.4) is 0 Å². The quantitative estimate of drug-likeness (QED) is 0.0348. The molecule has 0 aliphatic heterocycles. The standard InChI is InChI=1S/C41H82N2O6S4/c1-3-5-7-9-11-13-15-17-19-21-36-50-52-38-34-48-40(46)24-28-42(26-23-27-43(30-32-44)31-33-45)29-25-41(47)49-35-39-53-51-37-22-20-18-16-14-12-10-8-6-4-2/h44-45H,3-39H2,1-2H3. The van der Waals surface area contributed by atoms with Crippen LogP contribution in [0.2, 0.25) is 0 Å². The van der Waals surface area contributed by atoms with Crippen molar-refractivity contribution in [2.45, 2.75) is 162 Å². The molecular formula is C41H82N2O6S4. The summed E-state index contributed by atoms with van der Waals surface area (Å²) in [5.41, 5.74) is 0. The fraction of sp³-hybridized carbons (Fsp3) is 0.951. The summed E-state index contributed by atoms with van der Waals surface area (Å²) in [6, 6.07) is 0. The Balaban J connectivity index is 4.12. The average molecular weight is 827 g/mol. The van der Waals surface area contributed by atoms with Crippen LogP contribution in [0.1, 0.15) is 162 Å². The molecule has 0 saturated carbocycles. The van der Waals surface area contributed by atoms with Gasteiger partial charge < -0.3 is 24.6 Å². The minimum Gasteiger partial charge on any atom is -0.465 e. The molecule has 0 heterocycles. The maximum Gasteiger partial charge on any atom is 0.307 e. The second kappa shape index (κ2) is 44.9. The van der Waals surface area contributed by atoms with Crippen molar-refractivity contribution in [3.8, 4) is 0 Å². The van der Waals surface area contributed by atoms with Crippen LogP contribution >= 0.6 is 43.2 Å². The summed E-state index contributed by atoms with van der Waals surface area (Å²) in [5.74, 6) is 3.49. The Morgan fingerprint density at radius 2 is 0.736 bits per heavy atom. The molecule has 8 nitrogen and oxygen atoms in total. The Kier molecular flexibility index (Phi) is 45.0. The number of esters is 2. The number of hydrogen-bond donors (Lipinski definition) is 2. The molecule has 0 atom stereocenters. The minimum absolute atomic E-state index is 0.0492. The van der Waals surface area contributed by atoms with E-state index in [1.807, 2.05) is 26.5 Å². The fourth-order valence-electron chi connectivity index (χ4n) is 6.03.